The molecule has 20 heavy (non-hydrogen) atoms. The maximum atomic E-state index is 11.8. The third-order valence-electron chi connectivity index (χ3n) is 2.89. The highest BCUT2D eigenvalue weighted by Gasteiger charge is 2.13. The molecule has 2 heterocycles. The van der Waals surface area contributed by atoms with Crippen LogP contribution in [0.5, 0.6) is 0 Å². The van der Waals surface area contributed by atoms with Gasteiger partial charge in [0.05, 0.1) is 6.26 Å². The first-order valence-electron chi connectivity index (χ1n) is 6.45. The highest BCUT2D eigenvalue weighted by molar-refractivity contribution is 5.76. The molecule has 0 aromatic carbocycles. The molecule has 0 spiro atoms. The minimum atomic E-state index is 0.0537. The van der Waals surface area contributed by atoms with E-state index in [1.807, 2.05) is 7.05 Å². The highest BCUT2D eigenvalue weighted by Crippen LogP contribution is 2.16. The number of nitrogens with one attached hydrogen (secondary N) is 1. The van der Waals surface area contributed by atoms with E-state index in [9.17, 15) is 4.79 Å². The molecule has 0 atom stereocenters. The molecule has 108 valence electrons. The summed E-state index contributed by atoms with van der Waals surface area (Å²) in [5.74, 6) is 1.45. The van der Waals surface area contributed by atoms with Crippen LogP contribution in [0, 0.1) is 0 Å². The van der Waals surface area contributed by atoms with Crippen LogP contribution in [0.2, 0.25) is 0 Å². The largest absolute Gasteiger partial charge is 0.461 e. The van der Waals surface area contributed by atoms with Crippen molar-refractivity contribution in [1.29, 1.82) is 0 Å². The first-order chi connectivity index (χ1) is 9.70. The summed E-state index contributed by atoms with van der Waals surface area (Å²) in [5.41, 5.74) is 0. The lowest BCUT2D eigenvalue weighted by atomic mass is 10.3. The zero-order chi connectivity index (χ0) is 14.4. The van der Waals surface area contributed by atoms with Gasteiger partial charge in [-0.3, -0.25) is 4.79 Å². The lowest BCUT2D eigenvalue weighted by Crippen LogP contribution is -2.32. The molecular weight excluding hydrogens is 260 g/mol. The number of rotatable bonds is 7. The van der Waals surface area contributed by atoms with Crippen molar-refractivity contribution in [3.8, 4) is 11.6 Å². The Hall–Kier alpha value is -2.15. The van der Waals surface area contributed by atoms with Crippen molar-refractivity contribution in [2.24, 2.45) is 0 Å². The number of carbonyl (C=O) groups excluding carboxylic acids is 1. The predicted molar refractivity (Wildman–Crippen MR) is 71.9 cm³/mol. The standard InChI is InChI=1S/C13H18N4O3/c1-14-7-8-17(2)12(18)6-5-11-15-13(16-20-11)10-4-3-9-19-10/h3-4,9,14H,5-8H2,1-2H3. The van der Waals surface area contributed by atoms with Crippen molar-refractivity contribution in [2.45, 2.75) is 12.8 Å². The molecule has 0 radical (unpaired) electrons. The van der Waals surface area contributed by atoms with Crippen LogP contribution in [-0.2, 0) is 11.2 Å². The van der Waals surface area contributed by atoms with Crippen LogP contribution >= 0.6 is 0 Å². The molecule has 0 bridgehead atoms. The Balaban J connectivity index is 1.84. The van der Waals surface area contributed by atoms with Crippen molar-refractivity contribution in [3.05, 3.63) is 24.3 Å². The smallest absolute Gasteiger partial charge is 0.238 e. The molecular formula is C13H18N4O3. The third kappa shape index (κ3) is 3.67. The monoisotopic (exact) mass is 278 g/mol. The summed E-state index contributed by atoms with van der Waals surface area (Å²) in [6.07, 6.45) is 2.32. The second-order valence-electron chi connectivity index (χ2n) is 4.41. The van der Waals surface area contributed by atoms with E-state index >= 15 is 0 Å². The van der Waals surface area contributed by atoms with Gasteiger partial charge in [0.15, 0.2) is 5.76 Å². The molecule has 2 aromatic heterocycles. The van der Waals surface area contributed by atoms with Gasteiger partial charge in [0.1, 0.15) is 0 Å². The number of aromatic nitrogens is 2. The van der Waals surface area contributed by atoms with Crippen molar-refractivity contribution in [1.82, 2.24) is 20.4 Å². The van der Waals surface area contributed by atoms with E-state index in [-0.39, 0.29) is 5.91 Å². The van der Waals surface area contributed by atoms with Gasteiger partial charge >= 0.3 is 0 Å². The maximum absolute atomic E-state index is 11.8. The summed E-state index contributed by atoms with van der Waals surface area (Å²) >= 11 is 0. The first kappa shape index (κ1) is 14.3. The summed E-state index contributed by atoms with van der Waals surface area (Å²) in [4.78, 5) is 17.7. The molecule has 0 saturated carbocycles. The Morgan fingerprint density at radius 2 is 2.35 bits per heavy atom. The van der Waals surface area contributed by atoms with Gasteiger partial charge in [-0.2, -0.15) is 4.98 Å². The Morgan fingerprint density at radius 3 is 3.05 bits per heavy atom. The number of carbonyl (C=O) groups is 1. The van der Waals surface area contributed by atoms with Gasteiger partial charge in [-0.15, -0.1) is 0 Å². The van der Waals surface area contributed by atoms with Crippen LogP contribution in [0.3, 0.4) is 0 Å². The average Bonchev–Trinajstić information content (AvgIpc) is 3.12. The van der Waals surface area contributed by atoms with Gasteiger partial charge in [0, 0.05) is 33.0 Å². The van der Waals surface area contributed by atoms with E-state index in [0.29, 0.717) is 36.9 Å². The fourth-order valence-electron chi connectivity index (χ4n) is 1.67. The van der Waals surface area contributed by atoms with E-state index in [1.165, 1.54) is 0 Å². The van der Waals surface area contributed by atoms with Crippen LogP contribution < -0.4 is 5.32 Å². The normalized spacial score (nSPS) is 10.7. The molecule has 0 aliphatic rings. The van der Waals surface area contributed by atoms with E-state index in [4.69, 9.17) is 8.94 Å². The number of hydrogen-bond acceptors (Lipinski definition) is 6. The molecule has 1 amide bonds. The van der Waals surface area contributed by atoms with Gasteiger partial charge in [-0.05, 0) is 19.2 Å². The van der Waals surface area contributed by atoms with Crippen LogP contribution in [0.25, 0.3) is 11.6 Å². The van der Waals surface area contributed by atoms with Crippen LogP contribution in [0.15, 0.2) is 27.3 Å². The fraction of sp³-hybridized carbons (Fsp3) is 0.462. The van der Waals surface area contributed by atoms with Crippen molar-refractivity contribution in [3.63, 3.8) is 0 Å². The van der Waals surface area contributed by atoms with Crippen LogP contribution in [-0.4, -0.2) is 48.1 Å². The Morgan fingerprint density at radius 1 is 1.50 bits per heavy atom. The molecule has 1 N–H and O–H groups in total. The van der Waals surface area contributed by atoms with Crippen molar-refractivity contribution < 1.29 is 13.7 Å². The van der Waals surface area contributed by atoms with Crippen LogP contribution in [0.1, 0.15) is 12.3 Å². The zero-order valence-electron chi connectivity index (χ0n) is 11.6. The minimum absolute atomic E-state index is 0.0537. The van der Waals surface area contributed by atoms with E-state index < -0.39 is 0 Å². The number of furan rings is 1. The number of amides is 1. The molecule has 7 heteroatoms. The number of likely N-dealkylation sites (N-methyl/N-ethyl adjacent to an activating group) is 2. The lowest BCUT2D eigenvalue weighted by molar-refractivity contribution is -0.129. The summed E-state index contributed by atoms with van der Waals surface area (Å²) < 4.78 is 10.3. The lowest BCUT2D eigenvalue weighted by Gasteiger charge is -2.16. The van der Waals surface area contributed by atoms with E-state index in [1.54, 1.807) is 30.3 Å². The van der Waals surface area contributed by atoms with E-state index in [0.717, 1.165) is 6.54 Å². The van der Waals surface area contributed by atoms with Crippen LogP contribution in [0.4, 0.5) is 0 Å². The van der Waals surface area contributed by atoms with E-state index in [2.05, 4.69) is 15.5 Å². The first-order valence-corrected chi connectivity index (χ1v) is 6.45. The third-order valence-corrected chi connectivity index (χ3v) is 2.89. The SMILES string of the molecule is CNCCN(C)C(=O)CCc1nc(-c2ccco2)no1. The number of hydrogen-bond donors (Lipinski definition) is 1. The predicted octanol–water partition coefficient (Wildman–Crippen LogP) is 0.940. The van der Waals surface area contributed by atoms with Crippen molar-refractivity contribution in [2.75, 3.05) is 27.2 Å². The minimum Gasteiger partial charge on any atom is -0.461 e. The summed E-state index contributed by atoms with van der Waals surface area (Å²) in [6, 6.07) is 3.51. The summed E-state index contributed by atoms with van der Waals surface area (Å²) in [7, 11) is 3.63. The molecule has 0 unspecified atom stereocenters. The molecule has 0 aliphatic heterocycles. The Kier molecular flexibility index (Phi) is 4.89. The molecule has 0 aliphatic carbocycles. The van der Waals surface area contributed by atoms with Crippen molar-refractivity contribution >= 4 is 5.91 Å². The maximum Gasteiger partial charge on any atom is 0.238 e. The second kappa shape index (κ2) is 6.85. The quantitative estimate of drug-likeness (QED) is 0.811. The average molecular weight is 278 g/mol. The molecule has 0 fully saturated rings. The summed E-state index contributed by atoms with van der Waals surface area (Å²) in [5, 5.41) is 6.82. The Bertz CT molecular complexity index is 536. The van der Waals surface area contributed by atoms with Gasteiger partial charge < -0.3 is 19.2 Å². The topological polar surface area (TPSA) is 84.4 Å². The van der Waals surface area contributed by atoms with Gasteiger partial charge in [0.25, 0.3) is 0 Å². The van der Waals surface area contributed by atoms with Gasteiger partial charge in [0.2, 0.25) is 17.6 Å². The molecule has 0 saturated heterocycles. The molecule has 2 aromatic rings. The highest BCUT2D eigenvalue weighted by atomic mass is 16.5. The Labute approximate surface area is 116 Å². The molecule has 7 nitrogen and oxygen atoms in total. The fourth-order valence-corrected chi connectivity index (χ4v) is 1.67. The zero-order valence-corrected chi connectivity index (χ0v) is 11.6. The van der Waals surface area contributed by atoms with Gasteiger partial charge in [-0.25, -0.2) is 0 Å². The number of aryl methyl sites for hydroxylation is 1. The molecule has 2 rings (SSSR count). The number of nitrogens with zero attached hydrogens (tertiary/aromatic N) is 3. The summed E-state index contributed by atoms with van der Waals surface area (Å²) in [6.45, 7) is 1.45. The second-order valence-corrected chi connectivity index (χ2v) is 4.41. The van der Waals surface area contributed by atoms with Gasteiger partial charge in [-0.1, -0.05) is 5.16 Å².